The standard InChI is InChI=1S/C7H4N2O4/c10-7-8-5-2-1-4(9(11)12)3-6(5)13-7/h1-3H,(H,8,10)/p-1. The summed E-state index contributed by atoms with van der Waals surface area (Å²) in [4.78, 5) is 13.2. The van der Waals surface area contributed by atoms with Gasteiger partial charge in [-0.05, 0) is 6.07 Å². The maximum Gasteiger partial charge on any atom is 0.270 e. The van der Waals surface area contributed by atoms with Gasteiger partial charge in [-0.1, -0.05) is 0 Å². The van der Waals surface area contributed by atoms with Gasteiger partial charge in [-0.15, -0.1) is 0 Å². The number of hydrogen-bond donors (Lipinski definition) is 0. The van der Waals surface area contributed by atoms with Crippen molar-refractivity contribution in [3.8, 4) is 6.08 Å². The van der Waals surface area contributed by atoms with Crippen LogP contribution in [0.3, 0.4) is 0 Å². The molecule has 66 valence electrons. The summed E-state index contributed by atoms with van der Waals surface area (Å²) in [7, 11) is 0. The first-order valence-electron chi connectivity index (χ1n) is 3.39. The van der Waals surface area contributed by atoms with E-state index in [1.807, 2.05) is 0 Å². The molecule has 1 heterocycles. The van der Waals surface area contributed by atoms with Crippen molar-refractivity contribution in [3.05, 3.63) is 28.3 Å². The van der Waals surface area contributed by atoms with E-state index in [0.717, 1.165) is 0 Å². The van der Waals surface area contributed by atoms with E-state index >= 15 is 0 Å². The van der Waals surface area contributed by atoms with E-state index in [1.165, 1.54) is 18.2 Å². The van der Waals surface area contributed by atoms with Crippen molar-refractivity contribution < 1.29 is 14.4 Å². The lowest BCUT2D eigenvalue weighted by Crippen LogP contribution is -1.86. The van der Waals surface area contributed by atoms with Crippen molar-refractivity contribution in [1.29, 1.82) is 0 Å². The summed E-state index contributed by atoms with van der Waals surface area (Å²) in [6.45, 7) is 0. The highest BCUT2D eigenvalue weighted by molar-refractivity contribution is 5.75. The maximum atomic E-state index is 10.6. The van der Waals surface area contributed by atoms with Crippen molar-refractivity contribution >= 4 is 16.8 Å². The summed E-state index contributed by atoms with van der Waals surface area (Å²) < 4.78 is 4.59. The second-order valence-electron chi connectivity index (χ2n) is 2.39. The van der Waals surface area contributed by atoms with Crippen LogP contribution in [0.15, 0.2) is 22.6 Å². The van der Waals surface area contributed by atoms with E-state index in [-0.39, 0.29) is 11.3 Å². The van der Waals surface area contributed by atoms with Gasteiger partial charge in [-0.2, -0.15) is 0 Å². The average Bonchev–Trinajstić information content (AvgIpc) is 2.42. The number of aromatic nitrogens is 1. The number of nitro benzene ring substituents is 1. The van der Waals surface area contributed by atoms with E-state index in [0.29, 0.717) is 5.52 Å². The Balaban J connectivity index is 2.67. The van der Waals surface area contributed by atoms with Crippen LogP contribution < -0.4 is 5.11 Å². The minimum absolute atomic E-state index is 0.122. The smallest absolute Gasteiger partial charge is 0.270 e. The Kier molecular flexibility index (Phi) is 1.42. The van der Waals surface area contributed by atoms with E-state index in [9.17, 15) is 15.2 Å². The van der Waals surface area contributed by atoms with Gasteiger partial charge < -0.3 is 9.52 Å². The molecule has 0 saturated heterocycles. The van der Waals surface area contributed by atoms with Crippen LogP contribution in [-0.2, 0) is 0 Å². The molecular weight excluding hydrogens is 176 g/mol. The molecule has 0 unspecified atom stereocenters. The monoisotopic (exact) mass is 179 g/mol. The van der Waals surface area contributed by atoms with Crippen molar-refractivity contribution in [3.63, 3.8) is 0 Å². The molecule has 0 atom stereocenters. The van der Waals surface area contributed by atoms with Crippen molar-refractivity contribution in [2.45, 2.75) is 0 Å². The Morgan fingerprint density at radius 3 is 2.92 bits per heavy atom. The van der Waals surface area contributed by atoms with Gasteiger partial charge in [0.15, 0.2) is 6.08 Å². The zero-order valence-electron chi connectivity index (χ0n) is 6.26. The molecule has 2 rings (SSSR count). The second kappa shape index (κ2) is 2.44. The molecule has 6 nitrogen and oxygen atoms in total. The molecule has 0 aliphatic rings. The van der Waals surface area contributed by atoms with Crippen LogP contribution in [0.5, 0.6) is 6.08 Å². The molecule has 0 N–H and O–H groups in total. The summed E-state index contributed by atoms with van der Waals surface area (Å²) in [5.41, 5.74) is 0.346. The topological polar surface area (TPSA) is 92.2 Å². The van der Waals surface area contributed by atoms with Gasteiger partial charge in [0.25, 0.3) is 5.69 Å². The minimum atomic E-state index is -0.740. The average molecular weight is 179 g/mol. The number of nitrogens with zero attached hydrogens (tertiary/aromatic N) is 2. The lowest BCUT2D eigenvalue weighted by atomic mass is 10.3. The van der Waals surface area contributed by atoms with Crippen LogP contribution in [0.1, 0.15) is 0 Å². The predicted octanol–water partition coefficient (Wildman–Crippen LogP) is 0.810. The number of fused-ring (bicyclic) bond motifs is 1. The fourth-order valence-electron chi connectivity index (χ4n) is 1.01. The lowest BCUT2D eigenvalue weighted by molar-refractivity contribution is -0.384. The fourth-order valence-corrected chi connectivity index (χ4v) is 1.01. The van der Waals surface area contributed by atoms with Gasteiger partial charge in [0, 0.05) is 17.7 Å². The number of rotatable bonds is 1. The zero-order chi connectivity index (χ0) is 9.42. The van der Waals surface area contributed by atoms with Gasteiger partial charge in [0.05, 0.1) is 10.4 Å². The molecule has 0 bridgehead atoms. The predicted molar refractivity (Wildman–Crippen MR) is 40.1 cm³/mol. The van der Waals surface area contributed by atoms with Crippen LogP contribution in [-0.4, -0.2) is 9.91 Å². The molecule has 0 saturated carbocycles. The summed E-state index contributed by atoms with van der Waals surface area (Å²) in [5, 5.41) is 20.9. The van der Waals surface area contributed by atoms with Gasteiger partial charge in [-0.3, -0.25) is 10.1 Å². The first-order chi connectivity index (χ1) is 6.16. The zero-order valence-corrected chi connectivity index (χ0v) is 6.26. The van der Waals surface area contributed by atoms with Crippen molar-refractivity contribution in [2.24, 2.45) is 0 Å². The Bertz CT molecular complexity index is 476. The summed E-state index contributed by atoms with van der Waals surface area (Å²) in [5.74, 6) is 0. The van der Waals surface area contributed by atoms with Crippen LogP contribution in [0.25, 0.3) is 11.1 Å². The van der Waals surface area contributed by atoms with Gasteiger partial charge in [-0.25, -0.2) is 4.98 Å². The van der Waals surface area contributed by atoms with Crippen LogP contribution >= 0.6 is 0 Å². The highest BCUT2D eigenvalue weighted by atomic mass is 16.6. The Morgan fingerprint density at radius 1 is 1.46 bits per heavy atom. The molecule has 1 aromatic heterocycles. The second-order valence-corrected chi connectivity index (χ2v) is 2.39. The van der Waals surface area contributed by atoms with Gasteiger partial charge >= 0.3 is 0 Å². The van der Waals surface area contributed by atoms with E-state index in [1.54, 1.807) is 0 Å². The van der Waals surface area contributed by atoms with E-state index in [2.05, 4.69) is 9.40 Å². The van der Waals surface area contributed by atoms with Gasteiger partial charge in [0.1, 0.15) is 0 Å². The third kappa shape index (κ3) is 1.18. The number of oxazole rings is 1. The summed E-state index contributed by atoms with van der Waals surface area (Å²) in [6.07, 6.45) is -0.740. The fraction of sp³-hybridized carbons (Fsp3) is 0. The normalized spacial score (nSPS) is 10.5. The first-order valence-corrected chi connectivity index (χ1v) is 3.39. The van der Waals surface area contributed by atoms with Crippen LogP contribution in [0.2, 0.25) is 0 Å². The Hall–Kier alpha value is -2.11. The highest BCUT2D eigenvalue weighted by Crippen LogP contribution is 2.22. The highest BCUT2D eigenvalue weighted by Gasteiger charge is 2.06. The molecule has 2 aromatic rings. The molecule has 0 aliphatic carbocycles. The van der Waals surface area contributed by atoms with Crippen LogP contribution in [0, 0.1) is 10.1 Å². The molecule has 0 spiro atoms. The molecule has 0 amide bonds. The van der Waals surface area contributed by atoms with Crippen molar-refractivity contribution in [2.75, 3.05) is 0 Å². The summed E-state index contributed by atoms with van der Waals surface area (Å²) >= 11 is 0. The molecule has 1 aromatic carbocycles. The quantitative estimate of drug-likeness (QED) is 0.477. The van der Waals surface area contributed by atoms with E-state index in [4.69, 9.17) is 0 Å². The molecule has 13 heavy (non-hydrogen) atoms. The lowest BCUT2D eigenvalue weighted by Gasteiger charge is -1.91. The van der Waals surface area contributed by atoms with E-state index < -0.39 is 11.0 Å². The molecule has 0 radical (unpaired) electrons. The number of nitro groups is 1. The maximum absolute atomic E-state index is 10.6. The molecular formula is C7H3N2O4-. The molecule has 0 aliphatic heterocycles. The number of non-ortho nitro benzene ring substituents is 1. The largest absolute Gasteiger partial charge is 0.564 e. The summed E-state index contributed by atoms with van der Waals surface area (Å²) in [6, 6.07) is 3.81. The number of hydrogen-bond acceptors (Lipinski definition) is 5. The SMILES string of the molecule is O=[N+]([O-])c1ccc2nc([O-])oc2c1. The third-order valence-corrected chi connectivity index (χ3v) is 1.56. The Morgan fingerprint density at radius 2 is 2.23 bits per heavy atom. The number of benzene rings is 1. The molecule has 6 heteroatoms. The minimum Gasteiger partial charge on any atom is -0.564 e. The van der Waals surface area contributed by atoms with Gasteiger partial charge in [0.2, 0.25) is 0 Å². The Labute approximate surface area is 71.6 Å². The first kappa shape index (κ1) is 7.53. The third-order valence-electron chi connectivity index (χ3n) is 1.56. The molecule has 0 fully saturated rings. The van der Waals surface area contributed by atoms with Crippen molar-refractivity contribution in [1.82, 2.24) is 4.98 Å². The van der Waals surface area contributed by atoms with Crippen LogP contribution in [0.4, 0.5) is 5.69 Å².